The highest BCUT2D eigenvalue weighted by Crippen LogP contribution is 2.37. The van der Waals surface area contributed by atoms with E-state index in [-0.39, 0.29) is 5.75 Å². The maximum Gasteiger partial charge on any atom is 0.202 e. The summed E-state index contributed by atoms with van der Waals surface area (Å²) in [6, 6.07) is 86.3. The lowest BCUT2D eigenvalue weighted by Gasteiger charge is -2.36. The third kappa shape index (κ3) is 6.43. The Morgan fingerprint density at radius 1 is 0.400 bits per heavy atom. The fourth-order valence-corrected chi connectivity index (χ4v) is 15.2. The second-order valence-corrected chi connectivity index (χ2v) is 20.5. The Balaban J connectivity index is 0.898. The number of hydrogen-bond donors (Lipinski definition) is 1. The molecule has 11 aromatic rings. The zero-order chi connectivity index (χ0) is 43.3. The summed E-state index contributed by atoms with van der Waals surface area (Å²) in [6.07, 6.45) is 0. The van der Waals surface area contributed by atoms with Gasteiger partial charge in [0.2, 0.25) is 7.28 Å². The first-order valence-corrected chi connectivity index (χ1v) is 24.1. The fraction of sp³-hybridized carbons (Fsp3) is 0. The standard InChI is InChI=1S/C60H41BNO2Si/c63-56-40-43(48-23-12-15-30-59(48)65(45-17-4-1-5-18-45,46-19-6-2-7-20-46)47-21-8-3-9-22-47)33-37-51(56)52-26-16-29-58-60(52)61-53-39-42(34-38-57(53)64-58)41-31-35-44(36-32-41)62-54-27-13-10-24-49(54)50-25-11-14-28-55(50)62/h1-40,63H. The number of aromatic nitrogens is 1. The molecule has 0 aliphatic carbocycles. The maximum atomic E-state index is 12.1. The predicted octanol–water partition coefficient (Wildman–Crippen LogP) is 10.6. The molecule has 0 amide bonds. The van der Waals surface area contributed by atoms with Crippen LogP contribution in [-0.2, 0) is 0 Å². The average molecular weight is 847 g/mol. The van der Waals surface area contributed by atoms with Gasteiger partial charge in [0.25, 0.3) is 0 Å². The maximum absolute atomic E-state index is 12.1. The second-order valence-electron chi connectivity index (χ2n) is 16.8. The number of rotatable bonds is 8. The molecular formula is C60H41BNO2Si. The largest absolute Gasteiger partial charge is 0.507 e. The van der Waals surface area contributed by atoms with Crippen molar-refractivity contribution in [2.24, 2.45) is 0 Å². The first kappa shape index (κ1) is 38.5. The molecule has 10 aromatic carbocycles. The third-order valence-electron chi connectivity index (χ3n) is 13.2. The van der Waals surface area contributed by atoms with Crippen LogP contribution in [0.3, 0.4) is 0 Å². The Morgan fingerprint density at radius 3 is 1.57 bits per heavy atom. The molecule has 5 heteroatoms. The van der Waals surface area contributed by atoms with Crippen LogP contribution in [0.15, 0.2) is 243 Å². The Morgan fingerprint density at radius 2 is 0.938 bits per heavy atom. The molecule has 0 fully saturated rings. The van der Waals surface area contributed by atoms with Crippen LogP contribution in [-0.4, -0.2) is 25.0 Å². The van der Waals surface area contributed by atoms with Crippen LogP contribution < -0.4 is 36.4 Å². The summed E-state index contributed by atoms with van der Waals surface area (Å²) < 4.78 is 8.93. The molecule has 0 saturated carbocycles. The molecular weight excluding hydrogens is 806 g/mol. The summed E-state index contributed by atoms with van der Waals surface area (Å²) in [4.78, 5) is 0. The number of fused-ring (bicyclic) bond motifs is 5. The molecule has 2 heterocycles. The van der Waals surface area contributed by atoms with E-state index >= 15 is 0 Å². The molecule has 0 atom stereocenters. The number of ether oxygens (including phenoxy) is 1. The van der Waals surface area contributed by atoms with E-state index in [1.165, 1.54) is 42.6 Å². The van der Waals surface area contributed by atoms with Gasteiger partial charge >= 0.3 is 0 Å². The molecule has 1 N–H and O–H groups in total. The molecule has 1 aliphatic rings. The van der Waals surface area contributed by atoms with Crippen molar-refractivity contribution in [1.29, 1.82) is 0 Å². The highest BCUT2D eigenvalue weighted by molar-refractivity contribution is 7.20. The van der Waals surface area contributed by atoms with E-state index in [9.17, 15) is 5.11 Å². The first-order chi connectivity index (χ1) is 32.1. The van der Waals surface area contributed by atoms with E-state index in [2.05, 4.69) is 236 Å². The van der Waals surface area contributed by atoms with Gasteiger partial charge < -0.3 is 14.4 Å². The summed E-state index contributed by atoms with van der Waals surface area (Å²) in [7, 11) is -0.649. The van der Waals surface area contributed by atoms with Gasteiger partial charge in [-0.2, -0.15) is 0 Å². The number of phenols is 1. The highest BCUT2D eigenvalue weighted by Gasteiger charge is 2.43. The molecule has 1 radical (unpaired) electrons. The first-order valence-electron chi connectivity index (χ1n) is 22.1. The number of nitrogens with zero attached hydrogens (tertiary/aromatic N) is 1. The van der Waals surface area contributed by atoms with Crippen molar-refractivity contribution in [3.63, 3.8) is 0 Å². The van der Waals surface area contributed by atoms with Crippen molar-refractivity contribution >= 4 is 68.8 Å². The lowest BCUT2D eigenvalue weighted by molar-refractivity contribution is 0.477. The lowest BCUT2D eigenvalue weighted by Crippen LogP contribution is -2.75. The number of aromatic hydroxyl groups is 1. The Bertz CT molecular complexity index is 3400. The zero-order valence-corrected chi connectivity index (χ0v) is 36.5. The molecule has 305 valence electrons. The molecule has 3 nitrogen and oxygen atoms in total. The zero-order valence-electron chi connectivity index (χ0n) is 35.5. The van der Waals surface area contributed by atoms with Gasteiger partial charge in [0, 0.05) is 22.0 Å². The van der Waals surface area contributed by atoms with Gasteiger partial charge in [-0.05, 0) is 102 Å². The van der Waals surface area contributed by atoms with E-state index in [1.54, 1.807) is 0 Å². The van der Waals surface area contributed by atoms with Crippen molar-refractivity contribution in [2.45, 2.75) is 0 Å². The van der Waals surface area contributed by atoms with Gasteiger partial charge in [-0.1, -0.05) is 200 Å². The fourth-order valence-electron chi connectivity index (χ4n) is 10.2. The smallest absolute Gasteiger partial charge is 0.202 e. The molecule has 0 unspecified atom stereocenters. The van der Waals surface area contributed by atoms with Crippen molar-refractivity contribution < 1.29 is 9.84 Å². The van der Waals surface area contributed by atoms with Crippen LogP contribution in [0, 0.1) is 0 Å². The van der Waals surface area contributed by atoms with Gasteiger partial charge in [0.05, 0.1) is 11.0 Å². The van der Waals surface area contributed by atoms with Gasteiger partial charge in [-0.3, -0.25) is 0 Å². The number of hydrogen-bond acceptors (Lipinski definition) is 2. The SMILES string of the molecule is Oc1cc(-c2ccccc2[Si](c2ccccc2)(c2ccccc2)c2ccccc2)ccc1-c1cccc2c1[B]c1cc(-c3ccc(-n4c5ccccc5c5ccccc54)cc3)ccc1O2. The highest BCUT2D eigenvalue weighted by atomic mass is 28.3. The molecule has 12 rings (SSSR count). The quantitative estimate of drug-likeness (QED) is 0.122. The van der Waals surface area contributed by atoms with Crippen molar-refractivity contribution in [3.05, 3.63) is 243 Å². The van der Waals surface area contributed by atoms with E-state index in [0.717, 1.165) is 61.5 Å². The Labute approximate surface area is 380 Å². The summed E-state index contributed by atoms with van der Waals surface area (Å²) in [5.74, 6) is 1.78. The molecule has 65 heavy (non-hydrogen) atoms. The van der Waals surface area contributed by atoms with Crippen molar-refractivity contribution in [3.8, 4) is 56.3 Å². The van der Waals surface area contributed by atoms with Crippen LogP contribution in [0.25, 0.3) is 60.9 Å². The molecule has 0 saturated heterocycles. The van der Waals surface area contributed by atoms with E-state index in [4.69, 9.17) is 4.74 Å². The molecule has 0 spiro atoms. The second kappa shape index (κ2) is 15.9. The lowest BCUT2D eigenvalue weighted by atomic mass is 9.59. The number of benzene rings is 10. The van der Waals surface area contributed by atoms with E-state index in [1.807, 2.05) is 18.2 Å². The predicted molar refractivity (Wildman–Crippen MR) is 274 cm³/mol. The van der Waals surface area contributed by atoms with Crippen molar-refractivity contribution in [1.82, 2.24) is 4.57 Å². The molecule has 1 aliphatic heterocycles. The summed E-state index contributed by atoms with van der Waals surface area (Å²) in [5.41, 5.74) is 11.4. The number of phenolic OH excluding ortho intramolecular Hbond substituents is 1. The summed E-state index contributed by atoms with van der Waals surface area (Å²) in [6.45, 7) is 0. The van der Waals surface area contributed by atoms with Gasteiger partial charge in [-0.15, -0.1) is 0 Å². The minimum atomic E-state index is -2.84. The minimum absolute atomic E-state index is 0.216. The van der Waals surface area contributed by atoms with Crippen LogP contribution in [0.5, 0.6) is 17.2 Å². The third-order valence-corrected chi connectivity index (χ3v) is 18.0. The van der Waals surface area contributed by atoms with Gasteiger partial charge in [0.1, 0.15) is 17.2 Å². The minimum Gasteiger partial charge on any atom is -0.507 e. The normalized spacial score (nSPS) is 12.0. The summed E-state index contributed by atoms with van der Waals surface area (Å²) >= 11 is 0. The summed E-state index contributed by atoms with van der Waals surface area (Å²) in [5, 5.41) is 19.8. The van der Waals surface area contributed by atoms with E-state index < -0.39 is 8.07 Å². The van der Waals surface area contributed by atoms with Crippen LogP contribution in [0.1, 0.15) is 0 Å². The number of para-hydroxylation sites is 2. The van der Waals surface area contributed by atoms with Crippen LogP contribution >= 0.6 is 0 Å². The van der Waals surface area contributed by atoms with Crippen LogP contribution in [0.4, 0.5) is 0 Å². The topological polar surface area (TPSA) is 34.4 Å². The average Bonchev–Trinajstić information content (AvgIpc) is 3.71. The van der Waals surface area contributed by atoms with Gasteiger partial charge in [-0.25, -0.2) is 0 Å². The monoisotopic (exact) mass is 846 g/mol. The molecule has 1 aromatic heterocycles. The van der Waals surface area contributed by atoms with E-state index in [0.29, 0.717) is 0 Å². The van der Waals surface area contributed by atoms with Gasteiger partial charge in [0.15, 0.2) is 8.07 Å². The molecule has 0 bridgehead atoms. The Kier molecular flexibility index (Phi) is 9.43. The van der Waals surface area contributed by atoms with Crippen LogP contribution in [0.2, 0.25) is 0 Å². The van der Waals surface area contributed by atoms with Crippen molar-refractivity contribution in [2.75, 3.05) is 0 Å². The Hall–Kier alpha value is -8.12.